The van der Waals surface area contributed by atoms with E-state index in [0.29, 0.717) is 31.2 Å². The molecule has 0 spiro atoms. The maximum atomic E-state index is 12.4. The summed E-state index contributed by atoms with van der Waals surface area (Å²) < 4.78 is 10.7. The van der Waals surface area contributed by atoms with Gasteiger partial charge < -0.3 is 20.5 Å². The van der Waals surface area contributed by atoms with E-state index in [1.165, 1.54) is 0 Å². The van der Waals surface area contributed by atoms with Crippen LogP contribution in [0, 0.1) is 12.3 Å². The standard InChI is InChI=1S/C16H24N2O3/c1-12-4-5-13(14(10-12)21-9-8-20-2)18-15(19)16(11-17)6-3-7-16/h4-5,10H,3,6-9,11,17H2,1-2H3,(H,18,19). The van der Waals surface area contributed by atoms with E-state index in [4.69, 9.17) is 15.2 Å². The molecule has 5 heteroatoms. The minimum atomic E-state index is -0.394. The van der Waals surface area contributed by atoms with Gasteiger partial charge in [-0.3, -0.25) is 4.79 Å². The minimum Gasteiger partial charge on any atom is -0.489 e. The fourth-order valence-corrected chi connectivity index (χ4v) is 2.47. The van der Waals surface area contributed by atoms with Crippen LogP contribution in [0.2, 0.25) is 0 Å². The summed E-state index contributed by atoms with van der Waals surface area (Å²) in [6, 6.07) is 5.74. The third kappa shape index (κ3) is 3.54. The Morgan fingerprint density at radius 3 is 2.71 bits per heavy atom. The summed E-state index contributed by atoms with van der Waals surface area (Å²) in [5, 5.41) is 2.97. The van der Waals surface area contributed by atoms with Crippen LogP contribution in [0.4, 0.5) is 5.69 Å². The van der Waals surface area contributed by atoms with Crippen LogP contribution >= 0.6 is 0 Å². The van der Waals surface area contributed by atoms with Gasteiger partial charge in [0.15, 0.2) is 0 Å². The van der Waals surface area contributed by atoms with Crippen molar-refractivity contribution in [2.75, 3.05) is 32.2 Å². The fraction of sp³-hybridized carbons (Fsp3) is 0.562. The molecule has 1 aromatic carbocycles. The topological polar surface area (TPSA) is 73.6 Å². The van der Waals surface area contributed by atoms with Gasteiger partial charge in [0.1, 0.15) is 12.4 Å². The molecule has 21 heavy (non-hydrogen) atoms. The Hall–Kier alpha value is -1.59. The number of ether oxygens (including phenoxy) is 2. The number of hydrogen-bond donors (Lipinski definition) is 2. The predicted octanol–water partition coefficient (Wildman–Crippen LogP) is 2.09. The first-order valence-electron chi connectivity index (χ1n) is 7.35. The highest BCUT2D eigenvalue weighted by atomic mass is 16.5. The normalized spacial score (nSPS) is 16.1. The average Bonchev–Trinajstić information content (AvgIpc) is 2.41. The van der Waals surface area contributed by atoms with E-state index < -0.39 is 5.41 Å². The summed E-state index contributed by atoms with van der Waals surface area (Å²) in [4.78, 5) is 12.4. The predicted molar refractivity (Wildman–Crippen MR) is 82.5 cm³/mol. The van der Waals surface area contributed by atoms with Gasteiger partial charge in [-0.05, 0) is 37.5 Å². The number of hydrogen-bond acceptors (Lipinski definition) is 4. The Kier molecular flexibility index (Phi) is 5.20. The first kappa shape index (κ1) is 15.8. The van der Waals surface area contributed by atoms with E-state index in [2.05, 4.69) is 5.32 Å². The lowest BCUT2D eigenvalue weighted by molar-refractivity contribution is -0.129. The van der Waals surface area contributed by atoms with Gasteiger partial charge in [-0.2, -0.15) is 0 Å². The van der Waals surface area contributed by atoms with Crippen LogP contribution in [0.5, 0.6) is 5.75 Å². The third-order valence-corrected chi connectivity index (χ3v) is 4.11. The van der Waals surface area contributed by atoms with Gasteiger partial charge in [-0.15, -0.1) is 0 Å². The molecule has 2 rings (SSSR count). The zero-order chi connectivity index (χ0) is 15.3. The number of anilines is 1. The second kappa shape index (κ2) is 6.91. The van der Waals surface area contributed by atoms with Crippen molar-refractivity contribution in [3.05, 3.63) is 23.8 Å². The van der Waals surface area contributed by atoms with E-state index in [0.717, 1.165) is 24.8 Å². The summed E-state index contributed by atoms with van der Waals surface area (Å²) in [7, 11) is 1.63. The van der Waals surface area contributed by atoms with Crippen LogP contribution in [-0.4, -0.2) is 32.8 Å². The van der Waals surface area contributed by atoms with Crippen molar-refractivity contribution in [2.45, 2.75) is 26.2 Å². The molecule has 0 unspecified atom stereocenters. The number of carbonyl (C=O) groups is 1. The maximum absolute atomic E-state index is 12.4. The number of rotatable bonds is 7. The second-order valence-corrected chi connectivity index (χ2v) is 5.63. The number of methoxy groups -OCH3 is 1. The van der Waals surface area contributed by atoms with Crippen molar-refractivity contribution in [3.8, 4) is 5.75 Å². The van der Waals surface area contributed by atoms with Crippen molar-refractivity contribution >= 4 is 11.6 Å². The molecule has 3 N–H and O–H groups in total. The molecule has 0 saturated heterocycles. The third-order valence-electron chi connectivity index (χ3n) is 4.11. The van der Waals surface area contributed by atoms with E-state index in [9.17, 15) is 4.79 Å². The molecule has 1 aromatic rings. The highest BCUT2D eigenvalue weighted by molar-refractivity contribution is 5.97. The van der Waals surface area contributed by atoms with Gasteiger partial charge in [0.25, 0.3) is 0 Å². The molecule has 116 valence electrons. The van der Waals surface area contributed by atoms with Gasteiger partial charge in [-0.1, -0.05) is 12.5 Å². The Bertz CT molecular complexity index is 493. The number of benzene rings is 1. The number of aryl methyl sites for hydroxylation is 1. The number of carbonyl (C=O) groups excluding carboxylic acids is 1. The highest BCUT2D eigenvalue weighted by Gasteiger charge is 2.43. The second-order valence-electron chi connectivity index (χ2n) is 5.63. The van der Waals surface area contributed by atoms with E-state index in [-0.39, 0.29) is 5.91 Å². The zero-order valence-electron chi connectivity index (χ0n) is 12.8. The quantitative estimate of drug-likeness (QED) is 0.755. The first-order valence-corrected chi connectivity index (χ1v) is 7.35. The Balaban J connectivity index is 2.09. The van der Waals surface area contributed by atoms with Crippen LogP contribution in [0.25, 0.3) is 0 Å². The van der Waals surface area contributed by atoms with Gasteiger partial charge in [0.05, 0.1) is 17.7 Å². The lowest BCUT2D eigenvalue weighted by atomic mass is 9.68. The fourth-order valence-electron chi connectivity index (χ4n) is 2.47. The smallest absolute Gasteiger partial charge is 0.231 e. The molecular formula is C16H24N2O3. The van der Waals surface area contributed by atoms with Gasteiger partial charge in [0, 0.05) is 13.7 Å². The van der Waals surface area contributed by atoms with E-state index >= 15 is 0 Å². The molecular weight excluding hydrogens is 268 g/mol. The number of nitrogens with two attached hydrogens (primary N) is 1. The lowest BCUT2D eigenvalue weighted by Crippen LogP contribution is -2.47. The summed E-state index contributed by atoms with van der Waals surface area (Å²) in [6.07, 6.45) is 2.79. The highest BCUT2D eigenvalue weighted by Crippen LogP contribution is 2.41. The summed E-state index contributed by atoms with van der Waals surface area (Å²) >= 11 is 0. The molecule has 0 bridgehead atoms. The van der Waals surface area contributed by atoms with Gasteiger partial charge >= 0.3 is 0 Å². The molecule has 1 saturated carbocycles. The van der Waals surface area contributed by atoms with Crippen molar-refractivity contribution in [3.63, 3.8) is 0 Å². The Morgan fingerprint density at radius 1 is 1.38 bits per heavy atom. The first-order chi connectivity index (χ1) is 10.1. The summed E-state index contributed by atoms with van der Waals surface area (Å²) in [6.45, 7) is 3.34. The van der Waals surface area contributed by atoms with Crippen LogP contribution < -0.4 is 15.8 Å². The average molecular weight is 292 g/mol. The maximum Gasteiger partial charge on any atom is 0.231 e. The molecule has 1 aliphatic rings. The minimum absolute atomic E-state index is 0.00306. The molecule has 0 aliphatic heterocycles. The van der Waals surface area contributed by atoms with Gasteiger partial charge in [0.2, 0.25) is 5.91 Å². The molecule has 1 amide bonds. The molecule has 0 heterocycles. The summed E-state index contributed by atoms with van der Waals surface area (Å²) in [5.74, 6) is 0.670. The molecule has 0 atom stereocenters. The zero-order valence-corrected chi connectivity index (χ0v) is 12.8. The molecule has 1 aliphatic carbocycles. The van der Waals surface area contributed by atoms with Crippen LogP contribution in [0.3, 0.4) is 0 Å². The Morgan fingerprint density at radius 2 is 2.14 bits per heavy atom. The van der Waals surface area contributed by atoms with Crippen LogP contribution in [0.15, 0.2) is 18.2 Å². The van der Waals surface area contributed by atoms with Crippen molar-refractivity contribution in [1.82, 2.24) is 0 Å². The Labute approximate surface area is 125 Å². The van der Waals surface area contributed by atoms with Crippen LogP contribution in [-0.2, 0) is 9.53 Å². The SMILES string of the molecule is COCCOc1cc(C)ccc1NC(=O)C1(CN)CCC1. The lowest BCUT2D eigenvalue weighted by Gasteiger charge is -2.39. The number of nitrogens with one attached hydrogen (secondary N) is 1. The summed E-state index contributed by atoms with van der Waals surface area (Å²) in [5.41, 5.74) is 7.16. The van der Waals surface area contributed by atoms with Crippen molar-refractivity contribution in [1.29, 1.82) is 0 Å². The molecule has 0 aromatic heterocycles. The molecule has 5 nitrogen and oxygen atoms in total. The largest absolute Gasteiger partial charge is 0.489 e. The van der Waals surface area contributed by atoms with E-state index in [1.54, 1.807) is 7.11 Å². The molecule has 0 radical (unpaired) electrons. The van der Waals surface area contributed by atoms with Gasteiger partial charge in [-0.25, -0.2) is 0 Å². The van der Waals surface area contributed by atoms with Crippen molar-refractivity contribution < 1.29 is 14.3 Å². The number of amides is 1. The van der Waals surface area contributed by atoms with Crippen molar-refractivity contribution in [2.24, 2.45) is 11.1 Å². The van der Waals surface area contributed by atoms with E-state index in [1.807, 2.05) is 25.1 Å². The monoisotopic (exact) mass is 292 g/mol. The molecule has 1 fully saturated rings. The van der Waals surface area contributed by atoms with Crippen LogP contribution in [0.1, 0.15) is 24.8 Å².